The lowest BCUT2D eigenvalue weighted by Gasteiger charge is -2.32. The van der Waals surface area contributed by atoms with Crippen LogP contribution in [0, 0.1) is 17.8 Å². The molecule has 2 aliphatic carbocycles. The number of rotatable bonds is 13. The summed E-state index contributed by atoms with van der Waals surface area (Å²) >= 11 is 0. The maximum atomic E-state index is 11.9. The third kappa shape index (κ3) is 7.18. The van der Waals surface area contributed by atoms with Gasteiger partial charge in [-0.3, -0.25) is 4.79 Å². The van der Waals surface area contributed by atoms with Crippen molar-refractivity contribution in [3.8, 4) is 5.75 Å². The number of carbonyl (C=O) groups excluding carboxylic acids is 1. The van der Waals surface area contributed by atoms with Crippen LogP contribution in [0.15, 0.2) is 18.2 Å². The average Bonchev–Trinajstić information content (AvgIpc) is 3.08. The Kier molecular flexibility index (Phi) is 9.56. The van der Waals surface area contributed by atoms with Gasteiger partial charge < -0.3 is 24.8 Å². The zero-order valence-electron chi connectivity index (χ0n) is 19.6. The van der Waals surface area contributed by atoms with Crippen LogP contribution >= 0.6 is 0 Å². The maximum absolute atomic E-state index is 11.9. The van der Waals surface area contributed by atoms with Gasteiger partial charge in [-0.1, -0.05) is 38.3 Å². The molecule has 2 aliphatic rings. The Labute approximate surface area is 196 Å². The highest BCUT2D eigenvalue weighted by Crippen LogP contribution is 2.48. The van der Waals surface area contributed by atoms with Crippen LogP contribution in [0.5, 0.6) is 5.75 Å². The predicted octanol–water partition coefficient (Wildman–Crippen LogP) is 3.52. The molecule has 0 amide bonds. The van der Waals surface area contributed by atoms with Gasteiger partial charge in [-0.15, -0.1) is 0 Å². The SMILES string of the molecule is CCCCC[C@H](O)CC[C@@H]1[C@H]2Cc3cccc(OCC(=O)OCCC(=O)O)c3C[C@H]2C[C@H]1O. The summed E-state index contributed by atoms with van der Waals surface area (Å²) in [6.45, 7) is 1.74. The van der Waals surface area contributed by atoms with E-state index in [4.69, 9.17) is 14.6 Å². The Morgan fingerprint density at radius 3 is 2.76 bits per heavy atom. The van der Waals surface area contributed by atoms with E-state index in [0.29, 0.717) is 17.6 Å². The predicted molar refractivity (Wildman–Crippen MR) is 123 cm³/mol. The van der Waals surface area contributed by atoms with E-state index in [-0.39, 0.29) is 37.8 Å². The molecule has 0 aromatic heterocycles. The third-order valence-electron chi connectivity index (χ3n) is 7.24. The molecule has 0 saturated heterocycles. The number of fused-ring (bicyclic) bond motifs is 2. The summed E-state index contributed by atoms with van der Waals surface area (Å²) in [5.41, 5.74) is 2.28. The van der Waals surface area contributed by atoms with Crippen LogP contribution in [0.25, 0.3) is 0 Å². The highest BCUT2D eigenvalue weighted by atomic mass is 16.6. The van der Waals surface area contributed by atoms with E-state index in [9.17, 15) is 19.8 Å². The van der Waals surface area contributed by atoms with Crippen molar-refractivity contribution >= 4 is 11.9 Å². The van der Waals surface area contributed by atoms with Gasteiger partial charge in [0, 0.05) is 0 Å². The number of aliphatic carboxylic acids is 1. The van der Waals surface area contributed by atoms with Crippen LogP contribution in [0.4, 0.5) is 0 Å². The fourth-order valence-electron chi connectivity index (χ4n) is 5.53. The van der Waals surface area contributed by atoms with Crippen LogP contribution in [-0.4, -0.2) is 52.7 Å². The Bertz CT molecular complexity index is 793. The highest BCUT2D eigenvalue weighted by Gasteiger charge is 2.44. The molecule has 0 heterocycles. The van der Waals surface area contributed by atoms with Gasteiger partial charge in [-0.25, -0.2) is 4.79 Å². The molecule has 0 aliphatic heterocycles. The minimum Gasteiger partial charge on any atom is -0.482 e. The standard InChI is InChI=1S/C26H38O7/c1-2-3-4-7-19(27)9-10-20-21-13-17-6-5-8-24(22(17)14-18(21)15-23(20)28)33-16-26(31)32-12-11-25(29)30/h5-6,8,18-21,23,27-28H,2-4,7,9-16H2,1H3,(H,29,30)/t18-,19-,20+,21-,23+/m0/s1. The molecule has 3 N–H and O–H groups in total. The Morgan fingerprint density at radius 1 is 1.18 bits per heavy atom. The highest BCUT2D eigenvalue weighted by molar-refractivity contribution is 5.72. The lowest BCUT2D eigenvalue weighted by Crippen LogP contribution is -2.28. The number of aliphatic hydroxyl groups is 2. The Balaban J connectivity index is 1.55. The molecule has 0 unspecified atom stereocenters. The van der Waals surface area contributed by atoms with Crippen LogP contribution in [0.2, 0.25) is 0 Å². The van der Waals surface area contributed by atoms with Gasteiger partial charge in [0.1, 0.15) is 12.4 Å². The second kappa shape index (κ2) is 12.4. The summed E-state index contributed by atoms with van der Waals surface area (Å²) in [5, 5.41) is 29.7. The maximum Gasteiger partial charge on any atom is 0.344 e. The zero-order chi connectivity index (χ0) is 23.8. The molecule has 3 rings (SSSR count). The number of hydrogen-bond acceptors (Lipinski definition) is 6. The number of aliphatic hydroxyl groups excluding tert-OH is 2. The van der Waals surface area contributed by atoms with E-state index >= 15 is 0 Å². The van der Waals surface area contributed by atoms with Crippen molar-refractivity contribution < 1.29 is 34.4 Å². The van der Waals surface area contributed by atoms with Gasteiger partial charge in [-0.05, 0) is 73.5 Å². The van der Waals surface area contributed by atoms with E-state index in [0.717, 1.165) is 63.4 Å². The molecule has 7 heteroatoms. The lowest BCUT2D eigenvalue weighted by molar-refractivity contribution is -0.148. The first-order chi connectivity index (χ1) is 15.9. The molecule has 0 radical (unpaired) electrons. The minimum atomic E-state index is -1.02. The van der Waals surface area contributed by atoms with E-state index in [1.165, 1.54) is 5.56 Å². The van der Waals surface area contributed by atoms with Crippen molar-refractivity contribution in [1.29, 1.82) is 0 Å². The van der Waals surface area contributed by atoms with E-state index in [2.05, 4.69) is 13.0 Å². The summed E-state index contributed by atoms with van der Waals surface area (Å²) in [7, 11) is 0. The molecule has 5 atom stereocenters. The molecule has 0 spiro atoms. The first-order valence-electron chi connectivity index (χ1n) is 12.4. The van der Waals surface area contributed by atoms with Crippen LogP contribution in [0.1, 0.15) is 69.4 Å². The number of benzene rings is 1. The summed E-state index contributed by atoms with van der Waals surface area (Å²) in [6, 6.07) is 5.85. The number of carboxylic acid groups (broad SMARTS) is 1. The summed E-state index contributed by atoms with van der Waals surface area (Å²) < 4.78 is 10.6. The molecule has 184 valence electrons. The third-order valence-corrected chi connectivity index (χ3v) is 7.24. The molecular weight excluding hydrogens is 424 g/mol. The molecule has 7 nitrogen and oxygen atoms in total. The number of hydrogen-bond donors (Lipinski definition) is 3. The smallest absolute Gasteiger partial charge is 0.344 e. The van der Waals surface area contributed by atoms with Crippen molar-refractivity contribution in [2.45, 2.75) is 83.3 Å². The molecule has 33 heavy (non-hydrogen) atoms. The van der Waals surface area contributed by atoms with Gasteiger partial charge in [0.15, 0.2) is 6.61 Å². The fraction of sp³-hybridized carbons (Fsp3) is 0.692. The molecule has 1 aromatic carbocycles. The van der Waals surface area contributed by atoms with E-state index in [1.807, 2.05) is 12.1 Å². The molecule has 0 bridgehead atoms. The quantitative estimate of drug-likeness (QED) is 0.304. The topological polar surface area (TPSA) is 113 Å². The summed E-state index contributed by atoms with van der Waals surface area (Å²) in [6.07, 6.45) is 7.36. The van der Waals surface area contributed by atoms with Crippen molar-refractivity contribution in [1.82, 2.24) is 0 Å². The van der Waals surface area contributed by atoms with E-state index < -0.39 is 11.9 Å². The van der Waals surface area contributed by atoms with Crippen molar-refractivity contribution in [2.24, 2.45) is 17.8 Å². The van der Waals surface area contributed by atoms with Gasteiger partial charge >= 0.3 is 11.9 Å². The normalized spacial score (nSPS) is 24.6. The van der Waals surface area contributed by atoms with Crippen molar-refractivity contribution in [3.05, 3.63) is 29.3 Å². The largest absolute Gasteiger partial charge is 0.482 e. The van der Waals surface area contributed by atoms with Crippen molar-refractivity contribution in [2.75, 3.05) is 13.2 Å². The molecular formula is C26H38O7. The van der Waals surface area contributed by atoms with Crippen LogP contribution in [-0.2, 0) is 27.2 Å². The zero-order valence-corrected chi connectivity index (χ0v) is 19.6. The minimum absolute atomic E-state index is 0.166. The number of carbonyl (C=O) groups is 2. The first-order valence-corrected chi connectivity index (χ1v) is 12.4. The fourth-order valence-corrected chi connectivity index (χ4v) is 5.53. The number of unbranched alkanes of at least 4 members (excludes halogenated alkanes) is 2. The summed E-state index contributed by atoms with van der Waals surface area (Å²) in [4.78, 5) is 22.4. The van der Waals surface area contributed by atoms with Crippen molar-refractivity contribution in [3.63, 3.8) is 0 Å². The van der Waals surface area contributed by atoms with Gasteiger partial charge in [0.2, 0.25) is 0 Å². The van der Waals surface area contributed by atoms with Crippen LogP contribution in [0.3, 0.4) is 0 Å². The molecule has 1 fully saturated rings. The van der Waals surface area contributed by atoms with E-state index in [1.54, 1.807) is 0 Å². The Morgan fingerprint density at radius 2 is 2.00 bits per heavy atom. The van der Waals surface area contributed by atoms with Gasteiger partial charge in [-0.2, -0.15) is 0 Å². The average molecular weight is 463 g/mol. The van der Waals surface area contributed by atoms with Crippen LogP contribution < -0.4 is 4.74 Å². The van der Waals surface area contributed by atoms with Gasteiger partial charge in [0.05, 0.1) is 18.6 Å². The monoisotopic (exact) mass is 462 g/mol. The number of ether oxygens (including phenoxy) is 2. The number of esters is 1. The summed E-state index contributed by atoms with van der Waals surface area (Å²) in [5.74, 6) is 0.0200. The first kappa shape index (κ1) is 25.5. The second-order valence-electron chi connectivity index (χ2n) is 9.57. The Hall–Kier alpha value is -2.12. The second-order valence-corrected chi connectivity index (χ2v) is 9.57. The van der Waals surface area contributed by atoms with Gasteiger partial charge in [0.25, 0.3) is 0 Å². The lowest BCUT2D eigenvalue weighted by atomic mass is 9.73. The number of carboxylic acids is 1. The molecule has 1 aromatic rings. The molecule has 1 saturated carbocycles.